The Morgan fingerprint density at radius 2 is 1.78 bits per heavy atom. The van der Waals surface area contributed by atoms with Crippen LogP contribution in [0.2, 0.25) is 0 Å². The third kappa shape index (κ3) is 3.04. The van der Waals surface area contributed by atoms with Gasteiger partial charge in [0.05, 0.1) is 11.2 Å². The van der Waals surface area contributed by atoms with Gasteiger partial charge in [0.2, 0.25) is 0 Å². The number of benzene rings is 2. The number of rotatable bonds is 4. The Morgan fingerprint density at radius 1 is 0.969 bits per heavy atom. The molecule has 0 atom stereocenters. The Bertz CT molecular complexity index is 1430. The zero-order valence-electron chi connectivity index (χ0n) is 18.1. The first-order valence-electron chi connectivity index (χ1n) is 11.3. The molecule has 2 aromatic carbocycles. The summed E-state index contributed by atoms with van der Waals surface area (Å²) in [5.74, 6) is 2.89. The largest absolute Gasteiger partial charge is 0.382 e. The van der Waals surface area contributed by atoms with Crippen LogP contribution in [0.1, 0.15) is 37.9 Å². The van der Waals surface area contributed by atoms with E-state index in [2.05, 4.69) is 58.8 Å². The van der Waals surface area contributed by atoms with Gasteiger partial charge in [-0.2, -0.15) is 0 Å². The summed E-state index contributed by atoms with van der Waals surface area (Å²) in [7, 11) is 0. The molecule has 3 heterocycles. The fourth-order valence-corrected chi connectivity index (χ4v) is 4.89. The van der Waals surface area contributed by atoms with Crippen LogP contribution >= 0.6 is 0 Å². The van der Waals surface area contributed by atoms with Gasteiger partial charge in [0.25, 0.3) is 0 Å². The predicted molar refractivity (Wildman–Crippen MR) is 129 cm³/mol. The maximum absolute atomic E-state index is 6.35. The fraction of sp³-hybridized carbons (Fsp3) is 0.222. The lowest BCUT2D eigenvalue weighted by atomic mass is 9.73. The van der Waals surface area contributed by atoms with Gasteiger partial charge in [-0.05, 0) is 30.9 Å². The molecule has 2 N–H and O–H groups in total. The number of anilines is 1. The van der Waals surface area contributed by atoms with E-state index in [9.17, 15) is 0 Å². The molecule has 6 rings (SSSR count). The van der Waals surface area contributed by atoms with Crippen LogP contribution in [-0.4, -0.2) is 19.4 Å². The monoisotopic (exact) mass is 419 g/mol. The van der Waals surface area contributed by atoms with Crippen LogP contribution in [0.15, 0.2) is 73.1 Å². The number of fused-ring (bicyclic) bond motifs is 2. The lowest BCUT2D eigenvalue weighted by molar-refractivity contribution is 0.247. The zero-order chi connectivity index (χ0) is 21.7. The van der Waals surface area contributed by atoms with Crippen LogP contribution in [0.25, 0.3) is 38.9 Å². The molecular weight excluding hydrogens is 394 g/mol. The van der Waals surface area contributed by atoms with Crippen molar-refractivity contribution >= 4 is 22.2 Å². The van der Waals surface area contributed by atoms with Crippen molar-refractivity contribution in [2.75, 3.05) is 5.73 Å². The number of aromatic nitrogens is 4. The summed E-state index contributed by atoms with van der Waals surface area (Å²) in [6, 6.07) is 20.8. The van der Waals surface area contributed by atoms with Gasteiger partial charge in [0.1, 0.15) is 22.9 Å². The summed E-state index contributed by atoms with van der Waals surface area (Å²) < 4.78 is 2.15. The summed E-state index contributed by atoms with van der Waals surface area (Å²) >= 11 is 0. The average Bonchev–Trinajstić information content (AvgIpc) is 3.19. The SMILES string of the molecule is CC[C@H]1C[C@H](c2nc(-c3ccc4ccc(-c5ccccc5)nc4c3)c3c(N)nccn32)C1. The van der Waals surface area contributed by atoms with Crippen molar-refractivity contribution in [2.45, 2.75) is 32.1 Å². The van der Waals surface area contributed by atoms with Crippen LogP contribution in [0.3, 0.4) is 0 Å². The number of nitrogen functional groups attached to an aromatic ring is 1. The molecule has 0 saturated heterocycles. The third-order valence-electron chi connectivity index (χ3n) is 6.82. The lowest BCUT2D eigenvalue weighted by Crippen LogP contribution is -2.23. The Hall–Kier alpha value is -3.73. The Balaban J connectivity index is 1.49. The number of nitrogens with two attached hydrogens (primary N) is 1. The maximum atomic E-state index is 6.35. The molecule has 1 saturated carbocycles. The first-order chi connectivity index (χ1) is 15.7. The van der Waals surface area contributed by atoms with Gasteiger partial charge in [-0.25, -0.2) is 15.0 Å². The standard InChI is InChI=1S/C27H25N5/c1-2-17-14-21(15-17)27-31-24(25-26(28)29-12-13-32(25)27)20-9-8-19-10-11-22(30-23(19)16-20)18-6-4-3-5-7-18/h3-13,16-17,21H,2,14-15H2,1H3,(H2,28,29)/t17-,21-. The zero-order valence-corrected chi connectivity index (χ0v) is 18.1. The maximum Gasteiger partial charge on any atom is 0.150 e. The van der Waals surface area contributed by atoms with E-state index in [0.717, 1.165) is 50.7 Å². The highest BCUT2D eigenvalue weighted by Gasteiger charge is 2.33. The van der Waals surface area contributed by atoms with Crippen LogP contribution in [0.5, 0.6) is 0 Å². The van der Waals surface area contributed by atoms with Crippen molar-refractivity contribution in [2.24, 2.45) is 5.92 Å². The van der Waals surface area contributed by atoms with E-state index in [1.807, 2.05) is 24.4 Å². The summed E-state index contributed by atoms with van der Waals surface area (Å²) in [6.07, 6.45) is 7.37. The van der Waals surface area contributed by atoms with Gasteiger partial charge in [-0.3, -0.25) is 4.40 Å². The van der Waals surface area contributed by atoms with E-state index in [-0.39, 0.29) is 0 Å². The Kier molecular flexibility index (Phi) is 4.42. The Labute approximate surface area is 187 Å². The van der Waals surface area contributed by atoms with E-state index in [1.165, 1.54) is 19.3 Å². The van der Waals surface area contributed by atoms with Gasteiger partial charge in [0.15, 0.2) is 0 Å². The molecule has 5 nitrogen and oxygen atoms in total. The quantitative estimate of drug-likeness (QED) is 0.382. The molecule has 0 aliphatic heterocycles. The lowest BCUT2D eigenvalue weighted by Gasteiger charge is -2.33. The molecule has 0 bridgehead atoms. The first kappa shape index (κ1) is 19.0. The number of hydrogen-bond acceptors (Lipinski definition) is 4. The summed E-state index contributed by atoms with van der Waals surface area (Å²) in [5.41, 5.74) is 12.2. The molecule has 32 heavy (non-hydrogen) atoms. The number of nitrogens with zero attached hydrogens (tertiary/aromatic N) is 4. The molecule has 0 unspecified atom stereocenters. The molecule has 1 aliphatic rings. The van der Waals surface area contributed by atoms with E-state index < -0.39 is 0 Å². The van der Waals surface area contributed by atoms with Gasteiger partial charge in [-0.15, -0.1) is 0 Å². The van der Waals surface area contributed by atoms with Gasteiger partial charge in [0, 0.05) is 34.8 Å². The van der Waals surface area contributed by atoms with Crippen LogP contribution < -0.4 is 5.73 Å². The minimum absolute atomic E-state index is 0.478. The molecular formula is C27H25N5. The molecule has 1 aliphatic carbocycles. The van der Waals surface area contributed by atoms with Crippen molar-refractivity contribution in [3.8, 4) is 22.5 Å². The predicted octanol–water partition coefficient (Wildman–Crippen LogP) is 6.10. The summed E-state index contributed by atoms with van der Waals surface area (Å²) in [4.78, 5) is 14.4. The van der Waals surface area contributed by atoms with Gasteiger partial charge in [-0.1, -0.05) is 61.9 Å². The number of hydrogen-bond donors (Lipinski definition) is 1. The highest BCUT2D eigenvalue weighted by Crippen LogP contribution is 2.44. The average molecular weight is 420 g/mol. The van der Waals surface area contributed by atoms with Crippen molar-refractivity contribution in [3.05, 3.63) is 78.9 Å². The molecule has 1 fully saturated rings. The molecule has 158 valence electrons. The van der Waals surface area contributed by atoms with Crippen molar-refractivity contribution < 1.29 is 0 Å². The number of imidazole rings is 1. The van der Waals surface area contributed by atoms with Crippen LogP contribution in [0.4, 0.5) is 5.82 Å². The second-order valence-corrected chi connectivity index (χ2v) is 8.76. The van der Waals surface area contributed by atoms with Crippen LogP contribution in [0, 0.1) is 5.92 Å². The second kappa shape index (κ2) is 7.45. The summed E-state index contributed by atoms with van der Waals surface area (Å²) in [6.45, 7) is 2.27. The van der Waals surface area contributed by atoms with Gasteiger partial charge >= 0.3 is 0 Å². The molecule has 0 radical (unpaired) electrons. The van der Waals surface area contributed by atoms with Crippen molar-refractivity contribution in [3.63, 3.8) is 0 Å². The molecule has 0 amide bonds. The highest BCUT2D eigenvalue weighted by molar-refractivity contribution is 5.91. The summed E-state index contributed by atoms with van der Waals surface area (Å²) in [5, 5.41) is 1.10. The minimum atomic E-state index is 0.478. The minimum Gasteiger partial charge on any atom is -0.382 e. The van der Waals surface area contributed by atoms with Gasteiger partial charge < -0.3 is 5.73 Å². The highest BCUT2D eigenvalue weighted by atomic mass is 15.1. The van der Waals surface area contributed by atoms with E-state index in [4.69, 9.17) is 15.7 Å². The third-order valence-corrected chi connectivity index (χ3v) is 6.82. The first-order valence-corrected chi connectivity index (χ1v) is 11.3. The molecule has 3 aromatic heterocycles. The molecule has 5 heteroatoms. The van der Waals surface area contributed by atoms with E-state index >= 15 is 0 Å². The van der Waals surface area contributed by atoms with E-state index in [1.54, 1.807) is 6.20 Å². The molecule has 5 aromatic rings. The normalized spacial score (nSPS) is 18.2. The van der Waals surface area contributed by atoms with Crippen molar-refractivity contribution in [1.29, 1.82) is 0 Å². The fourth-order valence-electron chi connectivity index (χ4n) is 4.89. The smallest absolute Gasteiger partial charge is 0.150 e. The van der Waals surface area contributed by atoms with Crippen molar-refractivity contribution in [1.82, 2.24) is 19.4 Å². The molecule has 0 spiro atoms. The number of pyridine rings is 1. The van der Waals surface area contributed by atoms with Crippen LogP contribution in [-0.2, 0) is 0 Å². The topological polar surface area (TPSA) is 69.1 Å². The van der Waals surface area contributed by atoms with E-state index in [0.29, 0.717) is 11.7 Å². The Morgan fingerprint density at radius 3 is 2.59 bits per heavy atom. The second-order valence-electron chi connectivity index (χ2n) is 8.76.